The number of nitrogens with one attached hydrogen (secondary N) is 2. The summed E-state index contributed by atoms with van der Waals surface area (Å²) in [5.74, 6) is 0.667. The van der Waals surface area contributed by atoms with Gasteiger partial charge < -0.3 is 20.1 Å². The fourth-order valence-electron chi connectivity index (χ4n) is 4.28. The number of benzene rings is 1. The molecule has 1 spiro atoms. The van der Waals surface area contributed by atoms with Gasteiger partial charge in [-0.25, -0.2) is 14.4 Å². The van der Waals surface area contributed by atoms with Crippen molar-refractivity contribution in [2.75, 3.05) is 26.2 Å². The summed E-state index contributed by atoms with van der Waals surface area (Å²) in [7, 11) is 0. The number of hydrogen-bond donors (Lipinski definition) is 2. The molecule has 0 saturated carbocycles. The van der Waals surface area contributed by atoms with Crippen molar-refractivity contribution in [1.29, 1.82) is 0 Å². The van der Waals surface area contributed by atoms with Crippen LogP contribution < -0.4 is 10.6 Å². The van der Waals surface area contributed by atoms with E-state index in [0.717, 1.165) is 50.5 Å². The van der Waals surface area contributed by atoms with Gasteiger partial charge in [0, 0.05) is 50.4 Å². The Morgan fingerprint density at radius 3 is 3.03 bits per heavy atom. The lowest BCUT2D eigenvalue weighted by Gasteiger charge is -2.40. The zero-order chi connectivity index (χ0) is 20.3. The van der Waals surface area contributed by atoms with E-state index in [0.29, 0.717) is 18.7 Å². The van der Waals surface area contributed by atoms with Crippen molar-refractivity contribution in [3.05, 3.63) is 48.3 Å². The molecule has 0 aliphatic carbocycles. The molecule has 29 heavy (non-hydrogen) atoms. The van der Waals surface area contributed by atoms with E-state index in [4.69, 9.17) is 4.99 Å². The molecule has 4 rings (SSSR count). The number of hydrogen-bond acceptors (Lipinski definition) is 3. The van der Waals surface area contributed by atoms with Crippen LogP contribution in [0.1, 0.15) is 31.7 Å². The van der Waals surface area contributed by atoms with Gasteiger partial charge in [-0.15, -0.1) is 0 Å². The van der Waals surface area contributed by atoms with Crippen molar-refractivity contribution < 1.29 is 9.18 Å². The lowest BCUT2D eigenvalue weighted by molar-refractivity contribution is -0.119. The molecule has 1 amide bonds. The van der Waals surface area contributed by atoms with Crippen LogP contribution in [0.5, 0.6) is 0 Å². The fraction of sp³-hybridized carbons (Fsp3) is 0.476. The van der Waals surface area contributed by atoms with E-state index in [1.807, 2.05) is 13.0 Å². The molecule has 1 aromatic heterocycles. The third-order valence-electron chi connectivity index (χ3n) is 5.70. The zero-order valence-corrected chi connectivity index (χ0v) is 16.7. The predicted octanol–water partition coefficient (Wildman–Crippen LogP) is 2.08. The second-order valence-corrected chi connectivity index (χ2v) is 7.90. The van der Waals surface area contributed by atoms with Crippen LogP contribution in [0.25, 0.3) is 5.69 Å². The fourth-order valence-corrected chi connectivity index (χ4v) is 4.28. The number of likely N-dealkylation sites (tertiary alicyclic amines) is 1. The molecule has 2 saturated heterocycles. The summed E-state index contributed by atoms with van der Waals surface area (Å²) in [5.41, 5.74) is 1.29. The van der Waals surface area contributed by atoms with Crippen LogP contribution in [0.15, 0.2) is 41.9 Å². The highest BCUT2D eigenvalue weighted by Crippen LogP contribution is 2.36. The summed E-state index contributed by atoms with van der Waals surface area (Å²) in [6.07, 6.45) is 7.60. The van der Waals surface area contributed by atoms with Gasteiger partial charge in [-0.1, -0.05) is 6.07 Å². The van der Waals surface area contributed by atoms with Crippen molar-refractivity contribution in [3.63, 3.8) is 0 Å². The van der Waals surface area contributed by atoms with Crippen molar-refractivity contribution in [2.24, 2.45) is 10.4 Å². The third-order valence-corrected chi connectivity index (χ3v) is 5.70. The van der Waals surface area contributed by atoms with Crippen LogP contribution in [0.4, 0.5) is 4.39 Å². The average molecular weight is 398 g/mol. The standard InChI is InChI=1S/C21H27FN6O/c1-2-24-20(27-8-3-6-21(14-27)11-19(29)26-13-21)25-12-16-4-5-18(17(22)10-16)28-9-7-23-15-28/h4-5,7,9-10,15H,2-3,6,8,11-14H2,1H3,(H,24,25)(H,26,29). The second kappa shape index (κ2) is 8.23. The first kappa shape index (κ1) is 19.4. The molecule has 1 aromatic carbocycles. The van der Waals surface area contributed by atoms with Gasteiger partial charge in [0.1, 0.15) is 5.82 Å². The van der Waals surface area contributed by atoms with Gasteiger partial charge in [0.05, 0.1) is 18.6 Å². The Morgan fingerprint density at radius 2 is 2.34 bits per heavy atom. The van der Waals surface area contributed by atoms with E-state index in [-0.39, 0.29) is 17.1 Å². The van der Waals surface area contributed by atoms with Gasteiger partial charge in [0.2, 0.25) is 5.91 Å². The predicted molar refractivity (Wildman–Crippen MR) is 109 cm³/mol. The summed E-state index contributed by atoms with van der Waals surface area (Å²) in [5, 5.41) is 6.33. The van der Waals surface area contributed by atoms with Crippen molar-refractivity contribution in [2.45, 2.75) is 32.7 Å². The first-order valence-corrected chi connectivity index (χ1v) is 10.2. The normalized spacial score (nSPS) is 22.2. The highest BCUT2D eigenvalue weighted by atomic mass is 19.1. The van der Waals surface area contributed by atoms with Gasteiger partial charge in [-0.3, -0.25) is 4.79 Å². The van der Waals surface area contributed by atoms with Crippen LogP contribution in [0, 0.1) is 11.2 Å². The Bertz CT molecular complexity index is 897. The van der Waals surface area contributed by atoms with Crippen LogP contribution >= 0.6 is 0 Å². The maximum Gasteiger partial charge on any atom is 0.220 e. The molecule has 3 heterocycles. The van der Waals surface area contributed by atoms with Crippen LogP contribution in [-0.4, -0.2) is 52.5 Å². The van der Waals surface area contributed by atoms with E-state index in [2.05, 4.69) is 20.5 Å². The van der Waals surface area contributed by atoms with Crippen LogP contribution in [-0.2, 0) is 11.3 Å². The Hall–Kier alpha value is -2.90. The van der Waals surface area contributed by atoms with Crippen molar-refractivity contribution in [3.8, 4) is 5.69 Å². The third kappa shape index (κ3) is 4.26. The average Bonchev–Trinajstić information content (AvgIpc) is 3.36. The number of aliphatic imine (C=N–C) groups is 1. The van der Waals surface area contributed by atoms with Crippen molar-refractivity contribution >= 4 is 11.9 Å². The van der Waals surface area contributed by atoms with Gasteiger partial charge in [-0.2, -0.15) is 0 Å². The first-order chi connectivity index (χ1) is 14.1. The van der Waals surface area contributed by atoms with E-state index >= 15 is 0 Å². The minimum absolute atomic E-state index is 0.00405. The lowest BCUT2D eigenvalue weighted by atomic mass is 9.79. The number of imidazole rings is 1. The molecular weight excluding hydrogens is 371 g/mol. The Balaban J connectivity index is 1.48. The lowest BCUT2D eigenvalue weighted by Crippen LogP contribution is -2.51. The van der Waals surface area contributed by atoms with Gasteiger partial charge >= 0.3 is 0 Å². The molecule has 1 unspecified atom stereocenters. The summed E-state index contributed by atoms with van der Waals surface area (Å²) >= 11 is 0. The molecule has 2 fully saturated rings. The number of amides is 1. The number of nitrogens with zero attached hydrogens (tertiary/aromatic N) is 4. The van der Waals surface area contributed by atoms with Crippen molar-refractivity contribution in [1.82, 2.24) is 25.1 Å². The first-order valence-electron chi connectivity index (χ1n) is 10.2. The molecule has 0 radical (unpaired) electrons. The SMILES string of the molecule is CCNC(=NCc1ccc(-n2ccnc2)c(F)c1)N1CCCC2(CNC(=O)C2)C1. The maximum absolute atomic E-state index is 14.5. The quantitative estimate of drug-likeness (QED) is 0.611. The van der Waals surface area contributed by atoms with Crippen LogP contribution in [0.2, 0.25) is 0 Å². The van der Waals surface area contributed by atoms with Gasteiger partial charge in [0.25, 0.3) is 0 Å². The Labute approximate surface area is 170 Å². The largest absolute Gasteiger partial charge is 0.357 e. The molecular formula is C21H27FN6O. The Morgan fingerprint density at radius 1 is 1.45 bits per heavy atom. The summed E-state index contributed by atoms with van der Waals surface area (Å²) in [6, 6.07) is 5.17. The maximum atomic E-state index is 14.5. The summed E-state index contributed by atoms with van der Waals surface area (Å²) in [6.45, 7) is 5.65. The molecule has 7 nitrogen and oxygen atoms in total. The minimum Gasteiger partial charge on any atom is -0.357 e. The second-order valence-electron chi connectivity index (χ2n) is 7.90. The number of rotatable bonds is 4. The molecule has 0 bridgehead atoms. The van der Waals surface area contributed by atoms with Gasteiger partial charge in [0.15, 0.2) is 5.96 Å². The number of carbonyl (C=O) groups is 1. The van der Waals surface area contributed by atoms with Gasteiger partial charge in [-0.05, 0) is 37.5 Å². The van der Waals surface area contributed by atoms with Crippen LogP contribution in [0.3, 0.4) is 0 Å². The summed E-state index contributed by atoms with van der Waals surface area (Å²) in [4.78, 5) is 22.7. The number of carbonyl (C=O) groups excluding carboxylic acids is 1. The Kier molecular flexibility index (Phi) is 5.51. The molecule has 2 N–H and O–H groups in total. The smallest absolute Gasteiger partial charge is 0.220 e. The molecule has 2 aromatic rings. The molecule has 1 atom stereocenters. The molecule has 2 aliphatic heterocycles. The van der Waals surface area contributed by atoms with E-state index in [1.165, 1.54) is 6.07 Å². The number of aromatic nitrogens is 2. The highest BCUT2D eigenvalue weighted by Gasteiger charge is 2.42. The molecule has 8 heteroatoms. The van der Waals surface area contributed by atoms with E-state index in [1.54, 1.807) is 29.4 Å². The number of piperidine rings is 1. The minimum atomic E-state index is -0.298. The monoisotopic (exact) mass is 398 g/mol. The van der Waals surface area contributed by atoms with E-state index in [9.17, 15) is 9.18 Å². The van der Waals surface area contributed by atoms with E-state index < -0.39 is 0 Å². The molecule has 154 valence electrons. The summed E-state index contributed by atoms with van der Waals surface area (Å²) < 4.78 is 16.2. The molecule has 2 aliphatic rings. The number of guanidine groups is 1. The topological polar surface area (TPSA) is 74.6 Å². The zero-order valence-electron chi connectivity index (χ0n) is 16.7. The number of halogens is 1. The highest BCUT2D eigenvalue weighted by molar-refractivity contribution is 5.81.